The van der Waals surface area contributed by atoms with E-state index >= 15 is 0 Å². The van der Waals surface area contributed by atoms with Crippen LogP contribution in [0.4, 0.5) is 0 Å². The molecule has 7 nitrogen and oxygen atoms in total. The summed E-state index contributed by atoms with van der Waals surface area (Å²) in [6.45, 7) is 7.66. The molecule has 0 bridgehead atoms. The molecule has 0 fully saturated rings. The van der Waals surface area contributed by atoms with Crippen molar-refractivity contribution in [3.05, 3.63) is 79.6 Å². The molecular weight excluding hydrogens is 444 g/mol. The highest BCUT2D eigenvalue weighted by molar-refractivity contribution is 8.14. The minimum atomic E-state index is -0.425. The van der Waals surface area contributed by atoms with Gasteiger partial charge in [0.25, 0.3) is 0 Å². The first-order valence-corrected chi connectivity index (χ1v) is 11.1. The first kappa shape index (κ1) is 25.7. The summed E-state index contributed by atoms with van der Waals surface area (Å²) in [5.74, 6) is 0.416. The smallest absolute Gasteiger partial charge is 0.330 e. The minimum Gasteiger partial charge on any atom is -0.494 e. The Kier molecular flexibility index (Phi) is 11.3. The van der Waals surface area contributed by atoms with Gasteiger partial charge in [-0.3, -0.25) is 9.59 Å². The van der Waals surface area contributed by atoms with Gasteiger partial charge in [-0.2, -0.15) is 0 Å². The van der Waals surface area contributed by atoms with E-state index in [-0.39, 0.29) is 18.1 Å². The number of carbonyl (C=O) groups is 3. The van der Waals surface area contributed by atoms with E-state index in [1.807, 2.05) is 24.3 Å². The van der Waals surface area contributed by atoms with Crippen LogP contribution in [0, 0.1) is 0 Å². The van der Waals surface area contributed by atoms with Crippen LogP contribution in [0.1, 0.15) is 29.6 Å². The van der Waals surface area contributed by atoms with Crippen molar-refractivity contribution in [1.82, 2.24) is 0 Å². The Labute approximate surface area is 197 Å². The van der Waals surface area contributed by atoms with E-state index in [2.05, 4.69) is 17.9 Å². The van der Waals surface area contributed by atoms with Gasteiger partial charge in [-0.05, 0) is 73.1 Å². The maximum atomic E-state index is 12.5. The maximum absolute atomic E-state index is 12.5. The van der Waals surface area contributed by atoms with Gasteiger partial charge < -0.3 is 18.9 Å². The maximum Gasteiger partial charge on any atom is 0.330 e. The number of benzene rings is 2. The normalized spacial score (nSPS) is 10.1. The van der Waals surface area contributed by atoms with Crippen molar-refractivity contribution in [2.75, 3.05) is 19.8 Å². The zero-order chi connectivity index (χ0) is 23.9. The summed E-state index contributed by atoms with van der Waals surface area (Å²) in [4.78, 5) is 35.5. The molecule has 0 saturated carbocycles. The summed E-state index contributed by atoms with van der Waals surface area (Å²) in [7, 11) is 0. The molecule has 2 aromatic rings. The lowest BCUT2D eigenvalue weighted by Gasteiger charge is -2.08. The molecule has 0 amide bonds. The van der Waals surface area contributed by atoms with Gasteiger partial charge in [0.1, 0.15) is 11.5 Å². The van der Waals surface area contributed by atoms with E-state index in [1.54, 1.807) is 24.3 Å². The highest BCUT2D eigenvalue weighted by atomic mass is 32.2. The number of carbonyl (C=O) groups excluding carboxylic acids is 3. The van der Waals surface area contributed by atoms with Crippen LogP contribution < -0.4 is 9.47 Å². The zero-order valence-electron chi connectivity index (χ0n) is 18.2. The molecule has 174 valence electrons. The van der Waals surface area contributed by atoms with Crippen molar-refractivity contribution in [3.8, 4) is 11.5 Å². The van der Waals surface area contributed by atoms with Crippen molar-refractivity contribution in [2.24, 2.45) is 0 Å². The molecule has 2 aromatic carbocycles. The third kappa shape index (κ3) is 10.1. The predicted molar refractivity (Wildman–Crippen MR) is 125 cm³/mol. The first-order valence-electron chi connectivity index (χ1n) is 10.3. The average Bonchev–Trinajstić information content (AvgIpc) is 2.82. The third-order valence-electron chi connectivity index (χ3n) is 4.13. The average molecular weight is 471 g/mol. The molecule has 0 unspecified atom stereocenters. The lowest BCUT2D eigenvalue weighted by Crippen LogP contribution is -2.07. The van der Waals surface area contributed by atoms with Crippen LogP contribution in [-0.4, -0.2) is 36.9 Å². The molecular formula is C25H26O7S. The van der Waals surface area contributed by atoms with Gasteiger partial charge in [0.05, 0.1) is 32.5 Å². The van der Waals surface area contributed by atoms with Gasteiger partial charge in [-0.1, -0.05) is 13.2 Å². The number of esters is 2. The van der Waals surface area contributed by atoms with E-state index < -0.39 is 11.9 Å². The molecule has 0 atom stereocenters. The number of thioether (sulfide) groups is 1. The summed E-state index contributed by atoms with van der Waals surface area (Å²) >= 11 is 1.12. The Morgan fingerprint density at radius 1 is 0.818 bits per heavy atom. The molecule has 0 aliphatic rings. The number of unbranched alkanes of at least 4 members (excludes halogenated alkanes) is 1. The largest absolute Gasteiger partial charge is 0.494 e. The summed E-state index contributed by atoms with van der Waals surface area (Å²) in [5, 5.41) is -0.0983. The zero-order valence-corrected chi connectivity index (χ0v) is 19.0. The van der Waals surface area contributed by atoms with Crippen LogP contribution >= 0.6 is 11.8 Å². The second-order valence-corrected chi connectivity index (χ2v) is 7.61. The first-order chi connectivity index (χ1) is 16.0. The third-order valence-corrected chi connectivity index (χ3v) is 5.06. The molecule has 0 saturated heterocycles. The Morgan fingerprint density at radius 3 is 2.06 bits per heavy atom. The minimum absolute atomic E-state index is 0.0983. The van der Waals surface area contributed by atoms with Crippen LogP contribution in [0.5, 0.6) is 11.5 Å². The molecule has 0 aliphatic carbocycles. The van der Waals surface area contributed by atoms with E-state index in [0.29, 0.717) is 36.7 Å². The van der Waals surface area contributed by atoms with Crippen LogP contribution in [0.3, 0.4) is 0 Å². The van der Waals surface area contributed by atoms with Gasteiger partial charge >= 0.3 is 11.9 Å². The molecule has 33 heavy (non-hydrogen) atoms. The fraction of sp³-hybridized carbons (Fsp3) is 0.240. The predicted octanol–water partition coefficient (Wildman–Crippen LogP) is 4.96. The highest BCUT2D eigenvalue weighted by Crippen LogP contribution is 2.26. The van der Waals surface area contributed by atoms with Crippen molar-refractivity contribution in [1.29, 1.82) is 0 Å². The van der Waals surface area contributed by atoms with Crippen molar-refractivity contribution in [2.45, 2.75) is 24.2 Å². The lowest BCUT2D eigenvalue weighted by molar-refractivity contribution is -0.139. The number of hydrogen-bond acceptors (Lipinski definition) is 8. The number of hydrogen-bond donors (Lipinski definition) is 0. The number of ether oxygens (including phenoxy) is 4. The van der Waals surface area contributed by atoms with Crippen LogP contribution in [0.2, 0.25) is 0 Å². The lowest BCUT2D eigenvalue weighted by atomic mass is 10.2. The molecule has 2 rings (SSSR count). The van der Waals surface area contributed by atoms with E-state index in [4.69, 9.17) is 14.2 Å². The molecule has 0 spiro atoms. The SMILES string of the molecule is C=COC(=O)CCOc1ccc(C(=O)Sc2ccc(OCCCCOC(=O)C=C)cc2)cc1. The second-order valence-electron chi connectivity index (χ2n) is 6.57. The molecule has 0 radical (unpaired) electrons. The van der Waals surface area contributed by atoms with E-state index in [9.17, 15) is 14.4 Å². The molecule has 0 aromatic heterocycles. The van der Waals surface area contributed by atoms with Crippen molar-refractivity contribution < 1.29 is 33.3 Å². The second kappa shape index (κ2) is 14.5. The van der Waals surface area contributed by atoms with Crippen LogP contribution in [0.25, 0.3) is 0 Å². The standard InChI is InChI=1S/C25H26O7S/c1-3-23(26)32-17-6-5-16-30-21-11-13-22(14-12-21)33-25(28)19-7-9-20(10-8-19)31-18-15-24(27)29-4-2/h3-4,7-14H,1-2,5-6,15-18H2. The Balaban J connectivity index is 1.71. The topological polar surface area (TPSA) is 88.1 Å². The van der Waals surface area contributed by atoms with Gasteiger partial charge in [0.2, 0.25) is 5.12 Å². The van der Waals surface area contributed by atoms with E-state index in [0.717, 1.165) is 35.4 Å². The Morgan fingerprint density at radius 2 is 1.42 bits per heavy atom. The van der Waals surface area contributed by atoms with Gasteiger partial charge in [0.15, 0.2) is 0 Å². The Hall–Kier alpha value is -3.52. The molecule has 0 N–H and O–H groups in total. The molecule has 8 heteroatoms. The van der Waals surface area contributed by atoms with Crippen molar-refractivity contribution in [3.63, 3.8) is 0 Å². The summed E-state index contributed by atoms with van der Waals surface area (Å²) in [6, 6.07) is 14.0. The molecule has 0 heterocycles. The fourth-order valence-corrected chi connectivity index (χ4v) is 3.23. The summed E-state index contributed by atoms with van der Waals surface area (Å²) in [6.07, 6.45) is 3.77. The van der Waals surface area contributed by atoms with Crippen LogP contribution in [0.15, 0.2) is 78.9 Å². The highest BCUT2D eigenvalue weighted by Gasteiger charge is 2.09. The van der Waals surface area contributed by atoms with Crippen LogP contribution in [-0.2, 0) is 19.1 Å². The number of rotatable bonds is 14. The monoisotopic (exact) mass is 470 g/mol. The summed E-state index contributed by atoms with van der Waals surface area (Å²) < 4.78 is 20.6. The van der Waals surface area contributed by atoms with Crippen molar-refractivity contribution >= 4 is 28.8 Å². The van der Waals surface area contributed by atoms with Gasteiger partial charge in [-0.25, -0.2) is 4.79 Å². The van der Waals surface area contributed by atoms with E-state index in [1.165, 1.54) is 0 Å². The summed E-state index contributed by atoms with van der Waals surface area (Å²) in [5.41, 5.74) is 0.538. The van der Waals surface area contributed by atoms with Gasteiger partial charge in [-0.15, -0.1) is 0 Å². The quantitative estimate of drug-likeness (QED) is 0.126. The molecule has 0 aliphatic heterocycles. The Bertz CT molecular complexity index is 936. The van der Waals surface area contributed by atoms with Gasteiger partial charge in [0, 0.05) is 16.5 Å². The fourth-order valence-electron chi connectivity index (χ4n) is 2.49.